The number of nitrogens with one attached hydrogen (secondary N) is 1. The highest BCUT2D eigenvalue weighted by Crippen LogP contribution is 2.30. The molecular weight excluding hydrogens is 336 g/mol. The summed E-state index contributed by atoms with van der Waals surface area (Å²) in [5.74, 6) is 1.56. The van der Waals surface area contributed by atoms with Crippen LogP contribution in [0.5, 0.6) is 0 Å². The molecule has 0 aliphatic rings. The van der Waals surface area contributed by atoms with Crippen molar-refractivity contribution >= 4 is 39.6 Å². The molecule has 1 N–H and O–H groups in total. The molecule has 3 aromatic rings. The fraction of sp³-hybridized carbons (Fsp3) is 0.357. The average Bonchev–Trinajstić information content (AvgIpc) is 3.26. The minimum absolute atomic E-state index is 0.735. The number of nitrogens with zero attached hydrogens (tertiary/aromatic N) is 3. The van der Waals surface area contributed by atoms with E-state index in [-0.39, 0.29) is 0 Å². The first-order chi connectivity index (χ1) is 10.8. The molecule has 0 unspecified atom stereocenters. The van der Waals surface area contributed by atoms with E-state index in [4.69, 9.17) is 4.52 Å². The van der Waals surface area contributed by atoms with Crippen molar-refractivity contribution in [3.63, 3.8) is 0 Å². The summed E-state index contributed by atoms with van der Waals surface area (Å²) in [4.78, 5) is 1.10. The number of unbranched alkanes of at least 4 members (excludes halogenated alkanes) is 1. The van der Waals surface area contributed by atoms with Gasteiger partial charge in [0.15, 0.2) is 10.1 Å². The Morgan fingerprint density at radius 1 is 1.36 bits per heavy atom. The lowest BCUT2D eigenvalue weighted by Crippen LogP contribution is -1.99. The second-order valence-electron chi connectivity index (χ2n) is 4.60. The summed E-state index contributed by atoms with van der Waals surface area (Å²) < 4.78 is 6.31. The first kappa shape index (κ1) is 15.5. The topological polar surface area (TPSA) is 63.8 Å². The first-order valence-electron chi connectivity index (χ1n) is 7.05. The number of anilines is 1. The van der Waals surface area contributed by atoms with Crippen LogP contribution in [0.3, 0.4) is 0 Å². The maximum absolute atomic E-state index is 5.37. The SMILES string of the molecule is CCCCNc1nnc(SCc2cc(-c3cccs3)on2)s1. The zero-order valence-electron chi connectivity index (χ0n) is 12.1. The molecule has 0 amide bonds. The van der Waals surface area contributed by atoms with Crippen molar-refractivity contribution in [3.05, 3.63) is 29.3 Å². The molecule has 0 fully saturated rings. The van der Waals surface area contributed by atoms with Gasteiger partial charge in [-0.1, -0.05) is 47.7 Å². The normalized spacial score (nSPS) is 11.0. The van der Waals surface area contributed by atoms with Crippen molar-refractivity contribution in [2.24, 2.45) is 0 Å². The van der Waals surface area contributed by atoms with Crippen LogP contribution < -0.4 is 5.32 Å². The summed E-state index contributed by atoms with van der Waals surface area (Å²) in [5.41, 5.74) is 0.920. The zero-order chi connectivity index (χ0) is 15.2. The van der Waals surface area contributed by atoms with E-state index in [0.29, 0.717) is 0 Å². The Kier molecular flexibility index (Phi) is 5.47. The van der Waals surface area contributed by atoms with E-state index in [1.807, 2.05) is 23.6 Å². The van der Waals surface area contributed by atoms with Gasteiger partial charge in [-0.25, -0.2) is 0 Å². The predicted molar refractivity (Wildman–Crippen MR) is 92.7 cm³/mol. The van der Waals surface area contributed by atoms with Crippen molar-refractivity contribution in [1.82, 2.24) is 15.4 Å². The highest BCUT2D eigenvalue weighted by atomic mass is 32.2. The Labute approximate surface area is 141 Å². The number of thioether (sulfide) groups is 1. The minimum Gasteiger partial charge on any atom is -0.360 e. The van der Waals surface area contributed by atoms with Crippen molar-refractivity contribution in [2.45, 2.75) is 29.9 Å². The van der Waals surface area contributed by atoms with Gasteiger partial charge in [0.05, 0.1) is 10.6 Å². The summed E-state index contributed by atoms with van der Waals surface area (Å²) in [6, 6.07) is 6.02. The molecule has 0 saturated carbocycles. The zero-order valence-corrected chi connectivity index (χ0v) is 14.6. The standard InChI is InChI=1S/C14H16N4OS3/c1-2-3-6-15-13-16-17-14(22-13)21-9-10-8-11(19-18-10)12-5-4-7-20-12/h4-5,7-8H,2-3,6,9H2,1H3,(H,15,16). The van der Waals surface area contributed by atoms with Crippen LogP contribution in [0.15, 0.2) is 32.4 Å². The second-order valence-corrected chi connectivity index (χ2v) is 7.75. The van der Waals surface area contributed by atoms with Crippen molar-refractivity contribution in [1.29, 1.82) is 0 Å². The van der Waals surface area contributed by atoms with Gasteiger partial charge in [-0.2, -0.15) is 0 Å². The Balaban J connectivity index is 1.52. The Hall–Kier alpha value is -1.38. The van der Waals surface area contributed by atoms with Crippen LogP contribution in [0.1, 0.15) is 25.5 Å². The minimum atomic E-state index is 0.735. The summed E-state index contributed by atoms with van der Waals surface area (Å²) in [5, 5.41) is 18.6. The fourth-order valence-corrected chi connectivity index (χ4v) is 4.09. The molecule has 0 radical (unpaired) electrons. The highest BCUT2D eigenvalue weighted by molar-refractivity contribution is 8.00. The third-order valence-electron chi connectivity index (χ3n) is 2.88. The molecular formula is C14H16N4OS3. The van der Waals surface area contributed by atoms with E-state index in [0.717, 1.165) is 44.5 Å². The maximum Gasteiger partial charge on any atom is 0.206 e. The molecule has 0 aliphatic carbocycles. The lowest BCUT2D eigenvalue weighted by Gasteiger charge is -1.97. The van der Waals surface area contributed by atoms with Crippen LogP contribution in [0, 0.1) is 0 Å². The third-order valence-corrected chi connectivity index (χ3v) is 5.81. The number of thiophene rings is 1. The smallest absolute Gasteiger partial charge is 0.206 e. The summed E-state index contributed by atoms with van der Waals surface area (Å²) >= 11 is 4.86. The molecule has 0 spiro atoms. The molecule has 0 atom stereocenters. The van der Waals surface area contributed by atoms with Gasteiger partial charge in [0.25, 0.3) is 0 Å². The maximum atomic E-state index is 5.37. The molecule has 22 heavy (non-hydrogen) atoms. The van der Waals surface area contributed by atoms with Crippen LogP contribution in [-0.2, 0) is 5.75 Å². The number of aromatic nitrogens is 3. The molecule has 8 heteroatoms. The van der Waals surface area contributed by atoms with Crippen LogP contribution >= 0.6 is 34.4 Å². The van der Waals surface area contributed by atoms with Crippen molar-refractivity contribution in [2.75, 3.05) is 11.9 Å². The number of hydrogen-bond acceptors (Lipinski definition) is 8. The highest BCUT2D eigenvalue weighted by Gasteiger charge is 2.10. The summed E-state index contributed by atoms with van der Waals surface area (Å²) in [6.07, 6.45) is 2.32. The van der Waals surface area contributed by atoms with E-state index >= 15 is 0 Å². The van der Waals surface area contributed by atoms with Gasteiger partial charge in [-0.3, -0.25) is 0 Å². The largest absolute Gasteiger partial charge is 0.360 e. The van der Waals surface area contributed by atoms with E-state index in [9.17, 15) is 0 Å². The third kappa shape index (κ3) is 4.08. The van der Waals surface area contributed by atoms with Crippen molar-refractivity contribution in [3.8, 4) is 10.6 Å². The molecule has 3 rings (SSSR count). The number of hydrogen-bond donors (Lipinski definition) is 1. The van der Waals surface area contributed by atoms with E-state index in [2.05, 4.69) is 27.6 Å². The molecule has 3 heterocycles. The Morgan fingerprint density at radius 3 is 3.14 bits per heavy atom. The van der Waals surface area contributed by atoms with Crippen LogP contribution in [0.25, 0.3) is 10.6 Å². The molecule has 116 valence electrons. The molecule has 0 aliphatic heterocycles. The van der Waals surface area contributed by atoms with Gasteiger partial charge in [-0.05, 0) is 17.9 Å². The van der Waals surface area contributed by atoms with Gasteiger partial charge < -0.3 is 9.84 Å². The predicted octanol–water partition coefficient (Wildman–Crippen LogP) is 4.76. The molecule has 0 saturated heterocycles. The average molecular weight is 353 g/mol. The Morgan fingerprint density at radius 2 is 2.32 bits per heavy atom. The monoisotopic (exact) mass is 352 g/mol. The lowest BCUT2D eigenvalue weighted by molar-refractivity contribution is 0.427. The van der Waals surface area contributed by atoms with Gasteiger partial charge in [0.1, 0.15) is 0 Å². The first-order valence-corrected chi connectivity index (χ1v) is 9.73. The van der Waals surface area contributed by atoms with E-state index in [1.165, 1.54) is 6.42 Å². The molecule has 5 nitrogen and oxygen atoms in total. The van der Waals surface area contributed by atoms with Crippen molar-refractivity contribution < 1.29 is 4.52 Å². The van der Waals surface area contributed by atoms with Gasteiger partial charge in [0, 0.05) is 18.4 Å². The Bertz CT molecular complexity index is 693. The fourth-order valence-electron chi connectivity index (χ4n) is 1.76. The molecule has 0 aromatic carbocycles. The molecule has 0 bridgehead atoms. The second kappa shape index (κ2) is 7.75. The van der Waals surface area contributed by atoms with Crippen LogP contribution in [-0.4, -0.2) is 21.9 Å². The van der Waals surface area contributed by atoms with Gasteiger partial charge in [0.2, 0.25) is 5.13 Å². The number of rotatable bonds is 8. The summed E-state index contributed by atoms with van der Waals surface area (Å²) in [7, 11) is 0. The quantitative estimate of drug-likeness (QED) is 0.466. The summed E-state index contributed by atoms with van der Waals surface area (Å²) in [6.45, 7) is 3.12. The van der Waals surface area contributed by atoms with Gasteiger partial charge in [-0.15, -0.1) is 21.5 Å². The lowest BCUT2D eigenvalue weighted by atomic mass is 10.3. The van der Waals surface area contributed by atoms with E-state index < -0.39 is 0 Å². The van der Waals surface area contributed by atoms with Gasteiger partial charge >= 0.3 is 0 Å². The molecule has 3 aromatic heterocycles. The van der Waals surface area contributed by atoms with Crippen LogP contribution in [0.2, 0.25) is 0 Å². The van der Waals surface area contributed by atoms with Crippen LogP contribution in [0.4, 0.5) is 5.13 Å². The van der Waals surface area contributed by atoms with E-state index in [1.54, 1.807) is 34.4 Å².